The Labute approximate surface area is 175 Å². The van der Waals surface area contributed by atoms with Crippen LogP contribution in [0.1, 0.15) is 54.0 Å². The summed E-state index contributed by atoms with van der Waals surface area (Å²) in [6, 6.07) is 7.68. The summed E-state index contributed by atoms with van der Waals surface area (Å²) in [6.45, 7) is 6.12. The minimum atomic E-state index is -0.0168. The molecule has 1 saturated carbocycles. The van der Waals surface area contributed by atoms with Crippen LogP contribution >= 0.6 is 0 Å². The molecule has 5 rings (SSSR count). The van der Waals surface area contributed by atoms with E-state index in [-0.39, 0.29) is 11.3 Å². The molecule has 1 aliphatic heterocycles. The molecule has 1 aliphatic carbocycles. The average Bonchev–Trinajstić information content (AvgIpc) is 3.20. The van der Waals surface area contributed by atoms with Crippen molar-refractivity contribution < 1.29 is 4.79 Å². The highest BCUT2D eigenvalue weighted by molar-refractivity contribution is 6.09. The highest BCUT2D eigenvalue weighted by atomic mass is 16.2. The van der Waals surface area contributed by atoms with E-state index in [1.807, 2.05) is 42.8 Å². The third-order valence-electron chi connectivity index (χ3n) is 6.16. The molecule has 8 nitrogen and oxygen atoms in total. The molecule has 1 amide bonds. The zero-order valence-electron chi connectivity index (χ0n) is 17.5. The fraction of sp³-hybridized carbons (Fsp3) is 0.409. The maximum Gasteiger partial charge on any atom is 0.260 e. The summed E-state index contributed by atoms with van der Waals surface area (Å²) in [4.78, 5) is 24.8. The van der Waals surface area contributed by atoms with E-state index in [0.717, 1.165) is 41.9 Å². The lowest BCUT2D eigenvalue weighted by Crippen LogP contribution is -2.24. The Morgan fingerprint density at radius 1 is 1.23 bits per heavy atom. The van der Waals surface area contributed by atoms with Crippen LogP contribution in [0.4, 0.5) is 5.82 Å². The van der Waals surface area contributed by atoms with Crippen LogP contribution in [-0.2, 0) is 25.0 Å². The normalized spacial score (nSPS) is 16.8. The summed E-state index contributed by atoms with van der Waals surface area (Å²) in [5.41, 5.74) is 4.53. The van der Waals surface area contributed by atoms with Gasteiger partial charge >= 0.3 is 0 Å². The quantitative estimate of drug-likeness (QED) is 0.681. The van der Waals surface area contributed by atoms with Gasteiger partial charge in [0.05, 0.1) is 12.2 Å². The maximum atomic E-state index is 13.4. The number of nitrogens with zero attached hydrogens (tertiary/aromatic N) is 6. The van der Waals surface area contributed by atoms with Gasteiger partial charge in [-0.25, -0.2) is 4.98 Å². The summed E-state index contributed by atoms with van der Waals surface area (Å²) >= 11 is 0. The van der Waals surface area contributed by atoms with Crippen molar-refractivity contribution in [1.82, 2.24) is 30.0 Å². The summed E-state index contributed by atoms with van der Waals surface area (Å²) in [5.74, 6) is 1.30. The SMILES string of the molecule is CCn1cnnc1-c1cccc(N2Cc3c(cc(C4(C)CC4)nc3CNC)C2=O)n1. The second-order valence-electron chi connectivity index (χ2n) is 8.28. The standard InChI is InChI=1S/C22H25N7O/c1-4-28-13-24-27-20(28)16-6-5-7-19(26-16)29-12-15-14(21(29)30)10-18(22(2)8-9-22)25-17(15)11-23-3/h5-7,10,13,23H,4,8-9,11-12H2,1-3H3. The van der Waals surface area contributed by atoms with Crippen LogP contribution < -0.4 is 10.2 Å². The van der Waals surface area contributed by atoms with E-state index >= 15 is 0 Å². The number of nitrogens with one attached hydrogen (secondary N) is 1. The van der Waals surface area contributed by atoms with Gasteiger partial charge in [0.1, 0.15) is 17.8 Å². The molecule has 1 N–H and O–H groups in total. The monoisotopic (exact) mass is 403 g/mol. The van der Waals surface area contributed by atoms with E-state index in [4.69, 9.17) is 9.97 Å². The Balaban J connectivity index is 1.53. The molecule has 0 radical (unpaired) electrons. The van der Waals surface area contributed by atoms with Crippen LogP contribution in [0.5, 0.6) is 0 Å². The summed E-state index contributed by atoms with van der Waals surface area (Å²) in [5, 5.41) is 11.4. The van der Waals surface area contributed by atoms with E-state index in [1.54, 1.807) is 11.2 Å². The lowest BCUT2D eigenvalue weighted by Gasteiger charge is -2.15. The van der Waals surface area contributed by atoms with Crippen molar-refractivity contribution in [2.24, 2.45) is 0 Å². The topological polar surface area (TPSA) is 88.8 Å². The third-order valence-corrected chi connectivity index (χ3v) is 6.16. The number of aryl methyl sites for hydroxylation is 1. The third kappa shape index (κ3) is 2.99. The summed E-state index contributed by atoms with van der Waals surface area (Å²) < 4.78 is 1.93. The molecule has 30 heavy (non-hydrogen) atoms. The number of rotatable bonds is 6. The largest absolute Gasteiger partial charge is 0.314 e. The Kier molecular flexibility index (Phi) is 4.39. The van der Waals surface area contributed by atoms with Gasteiger partial charge in [-0.05, 0) is 45.0 Å². The van der Waals surface area contributed by atoms with Crippen LogP contribution in [0, 0.1) is 0 Å². The van der Waals surface area contributed by atoms with Crippen LogP contribution in [0.15, 0.2) is 30.6 Å². The van der Waals surface area contributed by atoms with E-state index in [9.17, 15) is 4.79 Å². The lowest BCUT2D eigenvalue weighted by molar-refractivity contribution is 0.0996. The van der Waals surface area contributed by atoms with Crippen molar-refractivity contribution >= 4 is 11.7 Å². The van der Waals surface area contributed by atoms with Gasteiger partial charge in [-0.15, -0.1) is 10.2 Å². The highest BCUT2D eigenvalue weighted by Gasteiger charge is 2.43. The predicted octanol–water partition coefficient (Wildman–Crippen LogP) is 2.69. The first-order valence-corrected chi connectivity index (χ1v) is 10.4. The fourth-order valence-corrected chi connectivity index (χ4v) is 4.00. The Morgan fingerprint density at radius 2 is 2.07 bits per heavy atom. The van der Waals surface area contributed by atoms with Gasteiger partial charge in [0.25, 0.3) is 5.91 Å². The minimum Gasteiger partial charge on any atom is -0.314 e. The van der Waals surface area contributed by atoms with Crippen LogP contribution in [0.25, 0.3) is 11.5 Å². The smallest absolute Gasteiger partial charge is 0.260 e. The van der Waals surface area contributed by atoms with Gasteiger partial charge in [-0.1, -0.05) is 13.0 Å². The number of fused-ring (bicyclic) bond motifs is 1. The predicted molar refractivity (Wildman–Crippen MR) is 113 cm³/mol. The van der Waals surface area contributed by atoms with Crippen molar-refractivity contribution in [3.63, 3.8) is 0 Å². The van der Waals surface area contributed by atoms with Crippen LogP contribution in [-0.4, -0.2) is 37.7 Å². The highest BCUT2D eigenvalue weighted by Crippen LogP contribution is 2.47. The lowest BCUT2D eigenvalue weighted by atomic mass is 9.99. The first-order valence-electron chi connectivity index (χ1n) is 10.4. The molecular formula is C22H25N7O. The van der Waals surface area contributed by atoms with Crippen molar-refractivity contribution in [2.45, 2.75) is 51.7 Å². The number of carbonyl (C=O) groups is 1. The molecule has 0 bridgehead atoms. The van der Waals surface area contributed by atoms with Crippen molar-refractivity contribution in [2.75, 3.05) is 11.9 Å². The Bertz CT molecular complexity index is 1130. The molecule has 0 saturated heterocycles. The molecule has 2 aliphatic rings. The van der Waals surface area contributed by atoms with E-state index < -0.39 is 0 Å². The molecular weight excluding hydrogens is 378 g/mol. The van der Waals surface area contributed by atoms with Crippen LogP contribution in [0.3, 0.4) is 0 Å². The Hall–Kier alpha value is -3.13. The molecule has 8 heteroatoms. The molecule has 0 spiro atoms. The number of hydrogen-bond acceptors (Lipinski definition) is 6. The van der Waals surface area contributed by atoms with Gasteiger partial charge in [-0.2, -0.15) is 0 Å². The molecule has 3 aromatic rings. The van der Waals surface area contributed by atoms with Gasteiger partial charge in [0, 0.05) is 35.3 Å². The number of pyridine rings is 2. The molecule has 0 aromatic carbocycles. The van der Waals surface area contributed by atoms with Gasteiger partial charge in [-0.3, -0.25) is 14.7 Å². The molecule has 0 atom stereocenters. The Morgan fingerprint density at radius 3 is 2.80 bits per heavy atom. The minimum absolute atomic E-state index is 0.0168. The number of anilines is 1. The first kappa shape index (κ1) is 18.9. The van der Waals surface area contributed by atoms with E-state index in [1.165, 1.54) is 0 Å². The van der Waals surface area contributed by atoms with Crippen molar-refractivity contribution in [1.29, 1.82) is 0 Å². The summed E-state index contributed by atoms with van der Waals surface area (Å²) in [7, 11) is 1.91. The maximum absolute atomic E-state index is 13.4. The second kappa shape index (κ2) is 6.98. The van der Waals surface area contributed by atoms with E-state index in [2.05, 4.69) is 22.4 Å². The number of aromatic nitrogens is 5. The van der Waals surface area contributed by atoms with Gasteiger partial charge < -0.3 is 9.88 Å². The number of amides is 1. The molecule has 1 fully saturated rings. The van der Waals surface area contributed by atoms with Crippen molar-refractivity contribution in [3.8, 4) is 11.5 Å². The number of hydrogen-bond donors (Lipinski definition) is 1. The molecule has 4 heterocycles. The summed E-state index contributed by atoms with van der Waals surface area (Å²) in [6.07, 6.45) is 3.94. The fourth-order valence-electron chi connectivity index (χ4n) is 4.00. The zero-order chi connectivity index (χ0) is 20.9. The molecule has 3 aromatic heterocycles. The van der Waals surface area contributed by atoms with Gasteiger partial charge in [0.15, 0.2) is 5.82 Å². The van der Waals surface area contributed by atoms with Crippen LogP contribution in [0.2, 0.25) is 0 Å². The van der Waals surface area contributed by atoms with E-state index in [0.29, 0.717) is 30.4 Å². The molecule has 0 unspecified atom stereocenters. The second-order valence-corrected chi connectivity index (χ2v) is 8.28. The number of carbonyl (C=O) groups excluding carboxylic acids is 1. The first-order chi connectivity index (χ1) is 14.5. The molecule has 154 valence electrons. The average molecular weight is 403 g/mol. The van der Waals surface area contributed by atoms with Gasteiger partial charge in [0.2, 0.25) is 0 Å². The van der Waals surface area contributed by atoms with Crippen molar-refractivity contribution in [3.05, 3.63) is 53.1 Å². The zero-order valence-corrected chi connectivity index (χ0v) is 17.5.